The second kappa shape index (κ2) is 8.55. The maximum Gasteiger partial charge on any atom is 0.435 e. The molecule has 2 aromatic heterocycles. The summed E-state index contributed by atoms with van der Waals surface area (Å²) < 4.78 is 41.5. The molecule has 1 unspecified atom stereocenters. The molecule has 1 N–H and O–H groups in total. The number of hydrogen-bond donors (Lipinski definition) is 1. The number of amides is 1. The van der Waals surface area contributed by atoms with Gasteiger partial charge in [-0.25, -0.2) is 0 Å². The van der Waals surface area contributed by atoms with Crippen LogP contribution in [0.25, 0.3) is 0 Å². The molecular weight excluding hydrogens is 454 g/mol. The third-order valence-corrected chi connectivity index (χ3v) is 5.51. The highest BCUT2D eigenvalue weighted by atomic mass is 35.5. The van der Waals surface area contributed by atoms with E-state index in [1.165, 1.54) is 13.8 Å². The zero-order valence-electron chi connectivity index (χ0n) is 17.2. The van der Waals surface area contributed by atoms with Crippen LogP contribution in [0, 0.1) is 20.8 Å². The van der Waals surface area contributed by atoms with Gasteiger partial charge in [-0.2, -0.15) is 23.4 Å². The van der Waals surface area contributed by atoms with E-state index in [4.69, 9.17) is 23.2 Å². The van der Waals surface area contributed by atoms with Crippen LogP contribution < -0.4 is 5.32 Å². The summed E-state index contributed by atoms with van der Waals surface area (Å²) in [7, 11) is 0. The molecule has 1 amide bonds. The van der Waals surface area contributed by atoms with Crippen LogP contribution in [0.5, 0.6) is 0 Å². The fourth-order valence-electron chi connectivity index (χ4n) is 3.20. The minimum Gasteiger partial charge on any atom is -0.321 e. The molecule has 0 saturated carbocycles. The average Bonchev–Trinajstić information content (AvgIpc) is 3.18. The number of nitrogens with zero attached hydrogens (tertiary/aromatic N) is 4. The third-order valence-electron chi connectivity index (χ3n) is 4.92. The number of hydrogen-bond acceptors (Lipinski definition) is 3. The van der Waals surface area contributed by atoms with E-state index in [1.807, 2.05) is 0 Å². The molecule has 0 aliphatic rings. The van der Waals surface area contributed by atoms with Gasteiger partial charge in [0.25, 0.3) is 0 Å². The highest BCUT2D eigenvalue weighted by molar-refractivity contribution is 6.35. The highest BCUT2D eigenvalue weighted by Gasteiger charge is 2.35. The van der Waals surface area contributed by atoms with Crippen molar-refractivity contribution in [1.29, 1.82) is 0 Å². The molecule has 11 heteroatoms. The zero-order valence-corrected chi connectivity index (χ0v) is 18.7. The molecule has 0 aliphatic heterocycles. The Morgan fingerprint density at radius 3 is 2.42 bits per heavy atom. The Morgan fingerprint density at radius 2 is 1.84 bits per heavy atom. The molecular formula is C20H20Cl2F3N5O. The van der Waals surface area contributed by atoms with E-state index in [1.54, 1.807) is 36.7 Å². The van der Waals surface area contributed by atoms with Crippen LogP contribution in [0.2, 0.25) is 10.0 Å². The standard InChI is InChI=1S/C20H20Cl2F3N5O/c1-10-7-17(20(23,24)25)28-30(10)13(4)19(31)26-18-11(2)27-29(12(18)3)9-14-5-6-15(21)8-16(14)22/h5-8,13H,9H2,1-4H3,(H,26,31). The van der Waals surface area contributed by atoms with E-state index >= 15 is 0 Å². The first-order chi connectivity index (χ1) is 14.4. The van der Waals surface area contributed by atoms with Crippen molar-refractivity contribution in [2.24, 2.45) is 0 Å². The van der Waals surface area contributed by atoms with Gasteiger partial charge < -0.3 is 5.32 Å². The van der Waals surface area contributed by atoms with E-state index in [-0.39, 0.29) is 5.69 Å². The normalized spacial score (nSPS) is 12.8. The van der Waals surface area contributed by atoms with E-state index in [0.717, 1.165) is 16.3 Å². The summed E-state index contributed by atoms with van der Waals surface area (Å²) in [4.78, 5) is 12.8. The van der Waals surface area contributed by atoms with Crippen LogP contribution in [0.1, 0.15) is 41.3 Å². The van der Waals surface area contributed by atoms with Crippen LogP contribution in [-0.4, -0.2) is 25.5 Å². The maximum absolute atomic E-state index is 12.9. The number of carbonyl (C=O) groups excluding carboxylic acids is 1. The predicted octanol–water partition coefficient (Wildman–Crippen LogP) is 5.58. The lowest BCUT2D eigenvalue weighted by Crippen LogP contribution is -2.26. The molecule has 0 radical (unpaired) electrons. The lowest BCUT2D eigenvalue weighted by atomic mass is 10.2. The topological polar surface area (TPSA) is 64.7 Å². The fraction of sp³-hybridized carbons (Fsp3) is 0.350. The number of carbonyl (C=O) groups is 1. The fourth-order valence-corrected chi connectivity index (χ4v) is 3.67. The minimum absolute atomic E-state index is 0.233. The summed E-state index contributed by atoms with van der Waals surface area (Å²) in [6, 6.07) is 5.11. The van der Waals surface area contributed by atoms with Crippen LogP contribution in [0.4, 0.5) is 18.9 Å². The minimum atomic E-state index is -4.58. The zero-order chi connectivity index (χ0) is 23.1. The van der Waals surface area contributed by atoms with Crippen molar-refractivity contribution in [2.45, 2.75) is 46.5 Å². The van der Waals surface area contributed by atoms with Crippen LogP contribution in [-0.2, 0) is 17.5 Å². The quantitative estimate of drug-likeness (QED) is 0.525. The van der Waals surface area contributed by atoms with E-state index in [9.17, 15) is 18.0 Å². The van der Waals surface area contributed by atoms with Crippen molar-refractivity contribution in [2.75, 3.05) is 5.32 Å². The van der Waals surface area contributed by atoms with Crippen LogP contribution >= 0.6 is 23.2 Å². The van der Waals surface area contributed by atoms with Crippen LogP contribution in [0.3, 0.4) is 0 Å². The van der Waals surface area contributed by atoms with Gasteiger partial charge in [0.1, 0.15) is 6.04 Å². The van der Waals surface area contributed by atoms with E-state index in [0.29, 0.717) is 33.7 Å². The van der Waals surface area contributed by atoms with Crippen molar-refractivity contribution in [3.8, 4) is 0 Å². The van der Waals surface area contributed by atoms with Crippen molar-refractivity contribution in [1.82, 2.24) is 19.6 Å². The van der Waals surface area contributed by atoms with Gasteiger partial charge in [-0.1, -0.05) is 29.3 Å². The number of nitrogens with one attached hydrogen (secondary N) is 1. The monoisotopic (exact) mass is 473 g/mol. The van der Waals surface area contributed by atoms with Gasteiger partial charge in [0.15, 0.2) is 5.69 Å². The Bertz CT molecular complexity index is 1140. The number of benzene rings is 1. The largest absolute Gasteiger partial charge is 0.435 e. The first-order valence-electron chi connectivity index (χ1n) is 9.30. The van der Waals surface area contributed by atoms with Gasteiger partial charge in [0.05, 0.1) is 23.6 Å². The molecule has 0 fully saturated rings. The first kappa shape index (κ1) is 23.1. The summed E-state index contributed by atoms with van der Waals surface area (Å²) in [5.74, 6) is -0.504. The van der Waals surface area contributed by atoms with Crippen molar-refractivity contribution >= 4 is 34.8 Å². The molecule has 0 aliphatic carbocycles. The predicted molar refractivity (Wildman–Crippen MR) is 113 cm³/mol. The maximum atomic E-state index is 12.9. The van der Waals surface area contributed by atoms with Gasteiger partial charge in [-0.3, -0.25) is 14.2 Å². The Kier molecular flexibility index (Phi) is 6.38. The highest BCUT2D eigenvalue weighted by Crippen LogP contribution is 2.30. The number of aryl methyl sites for hydroxylation is 2. The molecule has 3 rings (SSSR count). The van der Waals surface area contributed by atoms with Gasteiger partial charge in [0, 0.05) is 15.7 Å². The molecule has 1 atom stereocenters. The van der Waals surface area contributed by atoms with Gasteiger partial charge in [0.2, 0.25) is 5.91 Å². The molecule has 3 aromatic rings. The van der Waals surface area contributed by atoms with Gasteiger partial charge >= 0.3 is 6.18 Å². The molecule has 6 nitrogen and oxygen atoms in total. The van der Waals surface area contributed by atoms with Crippen LogP contribution in [0.15, 0.2) is 24.3 Å². The first-order valence-corrected chi connectivity index (χ1v) is 10.1. The number of rotatable bonds is 5. The van der Waals surface area contributed by atoms with Crippen molar-refractivity contribution in [3.05, 3.63) is 62.6 Å². The molecule has 166 valence electrons. The summed E-state index contributed by atoms with van der Waals surface area (Å²) in [6.07, 6.45) is -4.58. The molecule has 0 bridgehead atoms. The Balaban J connectivity index is 1.81. The number of alkyl halides is 3. The Labute approximate surface area is 186 Å². The number of halogens is 5. The smallest absolute Gasteiger partial charge is 0.321 e. The Hall–Kier alpha value is -2.52. The lowest BCUT2D eigenvalue weighted by molar-refractivity contribution is -0.141. The SMILES string of the molecule is Cc1nn(Cc2ccc(Cl)cc2Cl)c(C)c1NC(=O)C(C)n1nc(C(F)(F)F)cc1C. The summed E-state index contributed by atoms with van der Waals surface area (Å²) in [5, 5.41) is 11.8. The lowest BCUT2D eigenvalue weighted by Gasteiger charge is -2.15. The summed E-state index contributed by atoms with van der Waals surface area (Å²) in [5.41, 5.74) is 1.73. The molecule has 0 saturated heterocycles. The van der Waals surface area contributed by atoms with Gasteiger partial charge in [-0.15, -0.1) is 0 Å². The Morgan fingerprint density at radius 1 is 1.16 bits per heavy atom. The van der Waals surface area contributed by atoms with Crippen molar-refractivity contribution in [3.63, 3.8) is 0 Å². The second-order valence-electron chi connectivity index (χ2n) is 7.22. The third kappa shape index (κ3) is 4.88. The summed E-state index contributed by atoms with van der Waals surface area (Å²) >= 11 is 12.2. The van der Waals surface area contributed by atoms with Gasteiger partial charge in [-0.05, 0) is 51.5 Å². The average molecular weight is 474 g/mol. The van der Waals surface area contributed by atoms with Crippen molar-refractivity contribution < 1.29 is 18.0 Å². The molecule has 1 aromatic carbocycles. The summed E-state index contributed by atoms with van der Waals surface area (Å²) in [6.45, 7) is 6.83. The molecule has 0 spiro atoms. The molecule has 31 heavy (non-hydrogen) atoms. The van der Waals surface area contributed by atoms with E-state index < -0.39 is 23.8 Å². The molecule has 2 heterocycles. The van der Waals surface area contributed by atoms with E-state index in [2.05, 4.69) is 15.5 Å². The second-order valence-corrected chi connectivity index (χ2v) is 8.06. The number of aromatic nitrogens is 4. The number of anilines is 1.